The summed E-state index contributed by atoms with van der Waals surface area (Å²) >= 11 is 0. The van der Waals surface area contributed by atoms with E-state index < -0.39 is 11.7 Å². The van der Waals surface area contributed by atoms with Gasteiger partial charge in [-0.25, -0.2) is 14.3 Å². The molecule has 0 fully saturated rings. The molecule has 1 aliphatic heterocycles. The number of carbonyl (C=O) groups is 2. The van der Waals surface area contributed by atoms with E-state index in [1.165, 1.54) is 15.6 Å². The van der Waals surface area contributed by atoms with Crippen LogP contribution in [0.3, 0.4) is 0 Å². The number of benzene rings is 1. The Morgan fingerprint density at radius 3 is 2.82 bits per heavy atom. The van der Waals surface area contributed by atoms with Gasteiger partial charge in [0, 0.05) is 25.2 Å². The van der Waals surface area contributed by atoms with Crippen molar-refractivity contribution in [2.45, 2.75) is 33.0 Å². The number of para-hydroxylation sites is 1. The van der Waals surface area contributed by atoms with E-state index in [1.54, 1.807) is 41.0 Å². The third-order valence-electron chi connectivity index (χ3n) is 5.08. The molecule has 0 atom stereocenters. The van der Waals surface area contributed by atoms with Crippen LogP contribution >= 0.6 is 0 Å². The van der Waals surface area contributed by atoms with Gasteiger partial charge >= 0.3 is 6.09 Å². The van der Waals surface area contributed by atoms with E-state index in [9.17, 15) is 9.59 Å². The van der Waals surface area contributed by atoms with Crippen LogP contribution in [0.5, 0.6) is 5.75 Å². The molecule has 0 unspecified atom stereocenters. The SMILES string of the molecule is COc1cccc2c1Nc1cc(N(C)C(=O)OC(C)(C)C)c3ncc(n3n1)C(=O)NCCOC2. The molecule has 3 aromatic rings. The second-order valence-electron chi connectivity index (χ2n) is 8.76. The highest BCUT2D eigenvalue weighted by Gasteiger charge is 2.26. The summed E-state index contributed by atoms with van der Waals surface area (Å²) in [5.41, 5.74) is 1.79. The molecule has 0 saturated carbocycles. The Morgan fingerprint density at radius 1 is 1.29 bits per heavy atom. The molecule has 0 radical (unpaired) electrons. The van der Waals surface area contributed by atoms with Crippen molar-refractivity contribution in [1.29, 1.82) is 0 Å². The van der Waals surface area contributed by atoms with E-state index in [0.29, 0.717) is 48.3 Å². The molecule has 2 amide bonds. The zero-order valence-electron chi connectivity index (χ0n) is 19.8. The Hall–Kier alpha value is -3.86. The lowest BCUT2D eigenvalue weighted by molar-refractivity contribution is 0.0589. The third-order valence-corrected chi connectivity index (χ3v) is 5.08. The molecular weight excluding hydrogens is 440 g/mol. The molecule has 11 heteroatoms. The predicted molar refractivity (Wildman–Crippen MR) is 126 cm³/mol. The van der Waals surface area contributed by atoms with Crippen molar-refractivity contribution in [3.8, 4) is 5.75 Å². The Morgan fingerprint density at radius 2 is 2.09 bits per heavy atom. The zero-order valence-corrected chi connectivity index (χ0v) is 19.8. The summed E-state index contributed by atoms with van der Waals surface area (Å²) in [6, 6.07) is 7.28. The van der Waals surface area contributed by atoms with Gasteiger partial charge in [0.05, 0.1) is 37.9 Å². The van der Waals surface area contributed by atoms with Gasteiger partial charge in [0.15, 0.2) is 17.2 Å². The topological polar surface area (TPSA) is 119 Å². The molecule has 1 aliphatic rings. The van der Waals surface area contributed by atoms with Crippen LogP contribution < -0.4 is 20.3 Å². The lowest BCUT2D eigenvalue weighted by Gasteiger charge is -2.25. The highest BCUT2D eigenvalue weighted by Crippen LogP contribution is 2.33. The molecule has 3 heterocycles. The summed E-state index contributed by atoms with van der Waals surface area (Å²) in [5, 5.41) is 10.7. The number of nitrogens with zero attached hydrogens (tertiary/aromatic N) is 4. The molecule has 1 aromatic carbocycles. The van der Waals surface area contributed by atoms with Crippen LogP contribution in [0.1, 0.15) is 36.8 Å². The van der Waals surface area contributed by atoms with Crippen molar-refractivity contribution in [3.63, 3.8) is 0 Å². The monoisotopic (exact) mass is 468 g/mol. The van der Waals surface area contributed by atoms with E-state index in [1.807, 2.05) is 18.2 Å². The van der Waals surface area contributed by atoms with E-state index >= 15 is 0 Å². The summed E-state index contributed by atoms with van der Waals surface area (Å²) in [7, 11) is 3.16. The number of hydrogen-bond donors (Lipinski definition) is 2. The fraction of sp³-hybridized carbons (Fsp3) is 0.391. The minimum atomic E-state index is -0.683. The summed E-state index contributed by atoms with van der Waals surface area (Å²) < 4.78 is 18.2. The fourth-order valence-corrected chi connectivity index (χ4v) is 3.49. The maximum absolute atomic E-state index is 12.8. The first-order valence-corrected chi connectivity index (χ1v) is 10.8. The first-order chi connectivity index (χ1) is 16.2. The number of nitrogens with one attached hydrogen (secondary N) is 2. The molecular formula is C23H28N6O5. The van der Waals surface area contributed by atoms with Gasteiger partial charge in [0.2, 0.25) is 0 Å². The van der Waals surface area contributed by atoms with Crippen LogP contribution in [0.4, 0.5) is 22.0 Å². The minimum Gasteiger partial charge on any atom is -0.495 e. The van der Waals surface area contributed by atoms with Gasteiger partial charge < -0.3 is 24.8 Å². The minimum absolute atomic E-state index is 0.219. The molecule has 2 bridgehead atoms. The van der Waals surface area contributed by atoms with Gasteiger partial charge in [-0.3, -0.25) is 9.69 Å². The quantitative estimate of drug-likeness (QED) is 0.589. The van der Waals surface area contributed by atoms with Crippen LogP contribution in [0.25, 0.3) is 5.65 Å². The molecule has 34 heavy (non-hydrogen) atoms. The highest BCUT2D eigenvalue weighted by molar-refractivity contribution is 5.96. The van der Waals surface area contributed by atoms with Crippen molar-refractivity contribution in [2.24, 2.45) is 0 Å². The van der Waals surface area contributed by atoms with Gasteiger partial charge in [-0.05, 0) is 26.8 Å². The van der Waals surface area contributed by atoms with Gasteiger partial charge in [-0.15, -0.1) is 5.10 Å². The van der Waals surface area contributed by atoms with E-state index in [0.717, 1.165) is 5.56 Å². The number of amides is 2. The van der Waals surface area contributed by atoms with Crippen molar-refractivity contribution in [2.75, 3.05) is 37.5 Å². The number of hydrogen-bond acceptors (Lipinski definition) is 8. The average Bonchev–Trinajstić information content (AvgIpc) is 3.21. The van der Waals surface area contributed by atoms with Crippen molar-refractivity contribution in [3.05, 3.63) is 41.7 Å². The number of carbonyl (C=O) groups excluding carboxylic acids is 2. The maximum atomic E-state index is 12.8. The number of anilines is 3. The summed E-state index contributed by atoms with van der Waals surface area (Å²) in [5.74, 6) is 0.607. The lowest BCUT2D eigenvalue weighted by atomic mass is 10.1. The normalized spacial score (nSPS) is 14.2. The molecule has 4 rings (SSSR count). The molecule has 2 aromatic heterocycles. The first-order valence-electron chi connectivity index (χ1n) is 10.8. The maximum Gasteiger partial charge on any atom is 0.414 e. The molecule has 2 N–H and O–H groups in total. The Labute approximate surface area is 197 Å². The first kappa shape index (κ1) is 23.3. The molecule has 0 spiro atoms. The predicted octanol–water partition coefficient (Wildman–Crippen LogP) is 3.11. The van der Waals surface area contributed by atoms with Crippen LogP contribution in [0.2, 0.25) is 0 Å². The summed E-state index contributed by atoms with van der Waals surface area (Å²) in [4.78, 5) is 31.3. The lowest BCUT2D eigenvalue weighted by Crippen LogP contribution is -2.34. The molecule has 0 saturated heterocycles. The Bertz CT molecular complexity index is 1230. The number of rotatable bonds is 2. The van der Waals surface area contributed by atoms with Crippen LogP contribution in [-0.2, 0) is 16.1 Å². The second kappa shape index (κ2) is 9.18. The van der Waals surface area contributed by atoms with Gasteiger partial charge in [0.1, 0.15) is 11.4 Å². The number of aromatic nitrogens is 3. The van der Waals surface area contributed by atoms with Crippen LogP contribution in [0, 0.1) is 0 Å². The van der Waals surface area contributed by atoms with Crippen molar-refractivity contribution in [1.82, 2.24) is 19.9 Å². The van der Waals surface area contributed by atoms with E-state index in [2.05, 4.69) is 20.7 Å². The number of fused-ring (bicyclic) bond motifs is 2. The summed E-state index contributed by atoms with van der Waals surface area (Å²) in [6.45, 7) is 6.30. The van der Waals surface area contributed by atoms with E-state index in [-0.39, 0.29) is 11.6 Å². The van der Waals surface area contributed by atoms with Crippen molar-refractivity contribution < 1.29 is 23.8 Å². The van der Waals surface area contributed by atoms with Crippen molar-refractivity contribution >= 4 is 34.8 Å². The fourth-order valence-electron chi connectivity index (χ4n) is 3.49. The second-order valence-corrected chi connectivity index (χ2v) is 8.76. The van der Waals surface area contributed by atoms with Gasteiger partial charge in [-0.1, -0.05) is 12.1 Å². The standard InChI is InChI=1S/C23H28N6O5/c1-23(2,3)34-22(31)28(4)15-11-18-26-19-14(7-6-8-17(19)32-5)13-33-10-9-24-21(30)16-12-25-20(15)29(16)27-18/h6-8,11-12H,9-10,13H2,1-5H3,(H,24,30)(H,26,27). The van der Waals surface area contributed by atoms with E-state index in [4.69, 9.17) is 14.2 Å². The number of methoxy groups -OCH3 is 1. The molecule has 180 valence electrons. The molecule has 0 aliphatic carbocycles. The van der Waals surface area contributed by atoms with Gasteiger partial charge in [-0.2, -0.15) is 0 Å². The largest absolute Gasteiger partial charge is 0.495 e. The zero-order chi connectivity index (χ0) is 24.5. The molecule has 11 nitrogen and oxygen atoms in total. The smallest absolute Gasteiger partial charge is 0.414 e. The summed E-state index contributed by atoms with van der Waals surface area (Å²) in [6.07, 6.45) is 0.855. The highest BCUT2D eigenvalue weighted by atomic mass is 16.6. The van der Waals surface area contributed by atoms with Gasteiger partial charge in [0.25, 0.3) is 5.91 Å². The van der Waals surface area contributed by atoms with Crippen LogP contribution in [0.15, 0.2) is 30.5 Å². The average molecular weight is 469 g/mol. The third kappa shape index (κ3) is 4.74. The Balaban J connectivity index is 1.88. The number of imidazole rings is 1. The number of ether oxygens (including phenoxy) is 3. The Kier molecular flexibility index (Phi) is 6.29. The van der Waals surface area contributed by atoms with Crippen LogP contribution in [-0.4, -0.2) is 59.5 Å².